The first-order valence-electron chi connectivity index (χ1n) is 7.86. The van der Waals surface area contributed by atoms with Gasteiger partial charge in [-0.3, -0.25) is 9.58 Å². The number of nitrogens with zero attached hydrogens (tertiary/aromatic N) is 3. The van der Waals surface area contributed by atoms with Crippen molar-refractivity contribution in [3.63, 3.8) is 0 Å². The fraction of sp³-hybridized carbons (Fsp3) is 0.812. The molecule has 2 rings (SSSR count). The molecule has 0 aromatic carbocycles. The highest BCUT2D eigenvalue weighted by molar-refractivity contribution is 5.01. The van der Waals surface area contributed by atoms with Crippen molar-refractivity contribution in [1.29, 1.82) is 0 Å². The van der Waals surface area contributed by atoms with Gasteiger partial charge in [0.05, 0.1) is 0 Å². The SMILES string of the molecule is CCC1CN(CCc2ccnn2C)C(C(C)(C)C)CN1. The Kier molecular flexibility index (Phi) is 4.86. The third kappa shape index (κ3) is 3.61. The van der Waals surface area contributed by atoms with Crippen LogP contribution in [0.25, 0.3) is 0 Å². The number of aromatic nitrogens is 2. The molecule has 1 N–H and O–H groups in total. The first-order valence-corrected chi connectivity index (χ1v) is 7.86. The van der Waals surface area contributed by atoms with E-state index in [0.29, 0.717) is 17.5 Å². The van der Waals surface area contributed by atoms with Crippen molar-refractivity contribution in [2.75, 3.05) is 19.6 Å². The minimum absolute atomic E-state index is 0.318. The molecule has 2 heterocycles. The zero-order valence-electron chi connectivity index (χ0n) is 13.7. The standard InChI is InChI=1S/C16H30N4/c1-6-13-12-20(15(11-17-13)16(2,3)4)10-8-14-7-9-18-19(14)5/h7,9,13,15,17H,6,8,10-12H2,1-5H3. The summed E-state index contributed by atoms with van der Waals surface area (Å²) in [5.74, 6) is 0. The van der Waals surface area contributed by atoms with E-state index in [1.165, 1.54) is 12.1 Å². The second-order valence-electron chi connectivity index (χ2n) is 7.09. The molecule has 0 radical (unpaired) electrons. The summed E-state index contributed by atoms with van der Waals surface area (Å²) < 4.78 is 1.99. The molecule has 2 unspecified atom stereocenters. The Hall–Kier alpha value is -0.870. The van der Waals surface area contributed by atoms with Gasteiger partial charge in [0.15, 0.2) is 0 Å². The van der Waals surface area contributed by atoms with Crippen LogP contribution in [-0.2, 0) is 13.5 Å². The molecule has 1 aromatic heterocycles. The predicted octanol–water partition coefficient (Wildman–Crippen LogP) is 2.06. The number of hydrogen-bond donors (Lipinski definition) is 1. The maximum atomic E-state index is 4.27. The minimum Gasteiger partial charge on any atom is -0.311 e. The van der Waals surface area contributed by atoms with Crippen LogP contribution >= 0.6 is 0 Å². The Morgan fingerprint density at radius 1 is 1.40 bits per heavy atom. The fourth-order valence-electron chi connectivity index (χ4n) is 3.16. The molecule has 20 heavy (non-hydrogen) atoms. The molecule has 0 amide bonds. The third-order valence-electron chi connectivity index (χ3n) is 4.57. The molecule has 4 nitrogen and oxygen atoms in total. The van der Waals surface area contributed by atoms with Gasteiger partial charge in [-0.05, 0) is 17.9 Å². The largest absolute Gasteiger partial charge is 0.311 e. The van der Waals surface area contributed by atoms with Crippen LogP contribution in [0.15, 0.2) is 12.3 Å². The Bertz CT molecular complexity index is 418. The van der Waals surface area contributed by atoms with Crippen LogP contribution in [0.2, 0.25) is 0 Å². The lowest BCUT2D eigenvalue weighted by atomic mass is 9.83. The van der Waals surface area contributed by atoms with Crippen molar-refractivity contribution in [3.8, 4) is 0 Å². The lowest BCUT2D eigenvalue weighted by molar-refractivity contribution is 0.0555. The Morgan fingerprint density at radius 3 is 2.70 bits per heavy atom. The number of piperazine rings is 1. The van der Waals surface area contributed by atoms with Gasteiger partial charge in [0.2, 0.25) is 0 Å². The van der Waals surface area contributed by atoms with Gasteiger partial charge in [0, 0.05) is 57.1 Å². The molecule has 0 aliphatic carbocycles. The average Bonchev–Trinajstić information content (AvgIpc) is 2.80. The number of rotatable bonds is 4. The molecule has 2 atom stereocenters. The van der Waals surface area contributed by atoms with E-state index in [9.17, 15) is 0 Å². The van der Waals surface area contributed by atoms with Crippen LogP contribution in [0, 0.1) is 5.41 Å². The predicted molar refractivity (Wildman–Crippen MR) is 83.8 cm³/mol. The molecule has 4 heteroatoms. The zero-order chi connectivity index (χ0) is 14.8. The van der Waals surface area contributed by atoms with E-state index in [1.54, 1.807) is 0 Å². The van der Waals surface area contributed by atoms with Crippen molar-refractivity contribution < 1.29 is 0 Å². The average molecular weight is 278 g/mol. The number of aryl methyl sites for hydroxylation is 1. The van der Waals surface area contributed by atoms with Gasteiger partial charge in [-0.25, -0.2) is 0 Å². The van der Waals surface area contributed by atoms with Crippen LogP contribution < -0.4 is 5.32 Å². The molecule has 0 bridgehead atoms. The van der Waals surface area contributed by atoms with Crippen LogP contribution in [-0.4, -0.2) is 46.4 Å². The van der Waals surface area contributed by atoms with E-state index in [-0.39, 0.29) is 0 Å². The van der Waals surface area contributed by atoms with Crippen molar-refractivity contribution in [1.82, 2.24) is 20.0 Å². The summed E-state index contributed by atoms with van der Waals surface area (Å²) >= 11 is 0. The molecule has 1 aromatic rings. The molecule has 0 saturated carbocycles. The van der Waals surface area contributed by atoms with E-state index in [2.05, 4.69) is 49.1 Å². The Balaban J connectivity index is 2.01. The Morgan fingerprint density at radius 2 is 2.15 bits per heavy atom. The van der Waals surface area contributed by atoms with Gasteiger partial charge in [-0.2, -0.15) is 5.10 Å². The lowest BCUT2D eigenvalue weighted by Crippen LogP contribution is -2.60. The third-order valence-corrected chi connectivity index (χ3v) is 4.57. The van der Waals surface area contributed by atoms with Crippen molar-refractivity contribution in [2.24, 2.45) is 12.5 Å². The van der Waals surface area contributed by atoms with Crippen molar-refractivity contribution in [2.45, 2.75) is 52.6 Å². The summed E-state index contributed by atoms with van der Waals surface area (Å²) in [7, 11) is 2.03. The van der Waals surface area contributed by atoms with Gasteiger partial charge in [-0.15, -0.1) is 0 Å². The first-order chi connectivity index (χ1) is 9.41. The van der Waals surface area contributed by atoms with Crippen molar-refractivity contribution in [3.05, 3.63) is 18.0 Å². The van der Waals surface area contributed by atoms with E-state index >= 15 is 0 Å². The first kappa shape index (κ1) is 15.5. The molecular weight excluding hydrogens is 248 g/mol. The zero-order valence-corrected chi connectivity index (χ0v) is 13.7. The van der Waals surface area contributed by atoms with Crippen LogP contribution in [0.5, 0.6) is 0 Å². The molecule has 1 saturated heterocycles. The van der Waals surface area contributed by atoms with Gasteiger partial charge in [0.25, 0.3) is 0 Å². The van der Waals surface area contributed by atoms with Crippen molar-refractivity contribution >= 4 is 0 Å². The molecule has 114 valence electrons. The van der Waals surface area contributed by atoms with Crippen LogP contribution in [0.1, 0.15) is 39.8 Å². The monoisotopic (exact) mass is 278 g/mol. The summed E-state index contributed by atoms with van der Waals surface area (Å²) in [5, 5.41) is 7.97. The fourth-order valence-corrected chi connectivity index (χ4v) is 3.16. The summed E-state index contributed by atoms with van der Waals surface area (Å²) in [6.07, 6.45) is 4.18. The molecule has 1 aliphatic heterocycles. The Labute approximate surface area is 123 Å². The topological polar surface area (TPSA) is 33.1 Å². The summed E-state index contributed by atoms with van der Waals surface area (Å²) in [5.41, 5.74) is 1.64. The maximum absolute atomic E-state index is 4.27. The summed E-state index contributed by atoms with van der Waals surface area (Å²) in [4.78, 5) is 2.68. The van der Waals surface area contributed by atoms with E-state index in [1.807, 2.05) is 17.9 Å². The van der Waals surface area contributed by atoms with E-state index in [4.69, 9.17) is 0 Å². The number of hydrogen-bond acceptors (Lipinski definition) is 3. The van der Waals surface area contributed by atoms with Gasteiger partial charge in [-0.1, -0.05) is 27.7 Å². The molecule has 1 fully saturated rings. The highest BCUT2D eigenvalue weighted by Crippen LogP contribution is 2.27. The van der Waals surface area contributed by atoms with E-state index < -0.39 is 0 Å². The summed E-state index contributed by atoms with van der Waals surface area (Å²) in [6, 6.07) is 3.38. The van der Waals surface area contributed by atoms with Gasteiger partial charge in [0.1, 0.15) is 0 Å². The molecule has 0 spiro atoms. The quantitative estimate of drug-likeness (QED) is 0.915. The minimum atomic E-state index is 0.318. The highest BCUT2D eigenvalue weighted by atomic mass is 15.3. The molecule has 1 aliphatic rings. The van der Waals surface area contributed by atoms with Crippen LogP contribution in [0.3, 0.4) is 0 Å². The molecular formula is C16H30N4. The lowest BCUT2D eigenvalue weighted by Gasteiger charge is -2.46. The van der Waals surface area contributed by atoms with Crippen LogP contribution in [0.4, 0.5) is 0 Å². The summed E-state index contributed by atoms with van der Waals surface area (Å²) in [6.45, 7) is 12.7. The highest BCUT2D eigenvalue weighted by Gasteiger charge is 2.34. The number of nitrogens with one attached hydrogen (secondary N) is 1. The van der Waals surface area contributed by atoms with E-state index in [0.717, 1.165) is 26.1 Å². The van der Waals surface area contributed by atoms with Gasteiger partial charge >= 0.3 is 0 Å². The van der Waals surface area contributed by atoms with Gasteiger partial charge < -0.3 is 5.32 Å². The second kappa shape index (κ2) is 6.27. The maximum Gasteiger partial charge on any atom is 0.0492 e. The second-order valence-corrected chi connectivity index (χ2v) is 7.09. The smallest absolute Gasteiger partial charge is 0.0492 e. The normalized spacial score (nSPS) is 25.1.